The lowest BCUT2D eigenvalue weighted by molar-refractivity contribution is -0.0171. The maximum Gasteiger partial charge on any atom is 0.278 e. The number of ether oxygens (including phenoxy) is 2. The van der Waals surface area contributed by atoms with Gasteiger partial charge in [-0.3, -0.25) is 14.5 Å². The van der Waals surface area contributed by atoms with Crippen molar-refractivity contribution in [2.45, 2.75) is 19.2 Å². The van der Waals surface area contributed by atoms with Crippen molar-refractivity contribution in [3.8, 4) is 0 Å². The molecule has 9 nitrogen and oxygen atoms in total. The molecule has 1 unspecified atom stereocenters. The first-order chi connectivity index (χ1) is 14.9. The Morgan fingerprint density at radius 2 is 2.10 bits per heavy atom. The fourth-order valence-electron chi connectivity index (χ4n) is 3.15. The van der Waals surface area contributed by atoms with Crippen molar-refractivity contribution in [2.24, 2.45) is 0 Å². The van der Waals surface area contributed by atoms with Crippen LogP contribution >= 0.6 is 23.2 Å². The van der Waals surface area contributed by atoms with Gasteiger partial charge in [-0.05, 0) is 31.8 Å². The molecular weight excluding hydrogens is 443 g/mol. The summed E-state index contributed by atoms with van der Waals surface area (Å²) in [6, 6.07) is 5.34. The van der Waals surface area contributed by atoms with Crippen molar-refractivity contribution in [1.29, 1.82) is 0 Å². The summed E-state index contributed by atoms with van der Waals surface area (Å²) in [5, 5.41) is 8.35. The fraction of sp³-hybridized carbons (Fsp3) is 0.450. The average molecular weight is 469 g/mol. The van der Waals surface area contributed by atoms with Gasteiger partial charge in [0.15, 0.2) is 5.52 Å². The molecule has 2 N–H and O–H groups in total. The molecular formula is C20H26Cl2N6O3. The van der Waals surface area contributed by atoms with E-state index in [-0.39, 0.29) is 11.7 Å². The Labute approximate surface area is 190 Å². The molecule has 2 heterocycles. The predicted octanol–water partition coefficient (Wildman–Crippen LogP) is 2.63. The number of halogens is 2. The number of hydrogen-bond donors (Lipinski definition) is 2. The van der Waals surface area contributed by atoms with Crippen LogP contribution in [0.1, 0.15) is 5.56 Å². The Bertz CT molecular complexity index is 1070. The van der Waals surface area contributed by atoms with Gasteiger partial charge in [-0.15, -0.1) is 0 Å². The van der Waals surface area contributed by atoms with Crippen LogP contribution in [0.3, 0.4) is 0 Å². The lowest BCUT2D eigenvalue weighted by Gasteiger charge is -2.20. The largest absolute Gasteiger partial charge is 0.382 e. The third-order valence-electron chi connectivity index (χ3n) is 4.52. The van der Waals surface area contributed by atoms with Gasteiger partial charge in [0.05, 0.1) is 42.1 Å². The van der Waals surface area contributed by atoms with E-state index in [4.69, 9.17) is 32.7 Å². The summed E-state index contributed by atoms with van der Waals surface area (Å²) in [5.41, 5.74) is 1.54. The lowest BCUT2D eigenvalue weighted by atomic mass is 10.2. The molecule has 1 aromatic carbocycles. The second-order valence-electron chi connectivity index (χ2n) is 7.33. The van der Waals surface area contributed by atoms with Gasteiger partial charge in [0, 0.05) is 20.2 Å². The molecule has 0 fully saturated rings. The van der Waals surface area contributed by atoms with E-state index in [0.29, 0.717) is 53.3 Å². The quantitative estimate of drug-likeness (QED) is 0.446. The van der Waals surface area contributed by atoms with Crippen molar-refractivity contribution in [1.82, 2.24) is 24.6 Å². The molecule has 0 bridgehead atoms. The van der Waals surface area contributed by atoms with E-state index in [1.54, 1.807) is 30.1 Å². The number of likely N-dealkylation sites (N-methyl/N-ethyl adjacent to an activating group) is 1. The highest BCUT2D eigenvalue weighted by atomic mass is 35.5. The topological polar surface area (TPSA) is 97.3 Å². The summed E-state index contributed by atoms with van der Waals surface area (Å²) < 4.78 is 12.7. The molecule has 0 spiro atoms. The summed E-state index contributed by atoms with van der Waals surface area (Å²) in [6.07, 6.45) is 1.51. The molecule has 168 valence electrons. The highest BCUT2D eigenvalue weighted by Crippen LogP contribution is 2.22. The van der Waals surface area contributed by atoms with Crippen molar-refractivity contribution in [3.63, 3.8) is 0 Å². The van der Waals surface area contributed by atoms with Crippen LogP contribution in [0.2, 0.25) is 10.0 Å². The maximum absolute atomic E-state index is 12.6. The van der Waals surface area contributed by atoms with Gasteiger partial charge in [0.1, 0.15) is 5.52 Å². The van der Waals surface area contributed by atoms with Crippen molar-refractivity contribution in [2.75, 3.05) is 46.3 Å². The van der Waals surface area contributed by atoms with Crippen LogP contribution in [-0.4, -0.2) is 71.7 Å². The van der Waals surface area contributed by atoms with Crippen LogP contribution in [0.5, 0.6) is 0 Å². The highest BCUT2D eigenvalue weighted by Gasteiger charge is 2.13. The third-order valence-corrected chi connectivity index (χ3v) is 5.26. The molecule has 2 aromatic heterocycles. The van der Waals surface area contributed by atoms with E-state index in [1.807, 2.05) is 25.1 Å². The van der Waals surface area contributed by atoms with Gasteiger partial charge in [-0.2, -0.15) is 5.10 Å². The van der Waals surface area contributed by atoms with Crippen molar-refractivity contribution in [3.05, 3.63) is 50.4 Å². The first-order valence-electron chi connectivity index (χ1n) is 9.76. The SMILES string of the molecule is COCC(CN(C)C)OCCn1ncc2nc(NCc3ccc(Cl)c(Cl)c3)[nH]c(=O)c21. The Kier molecular flexibility index (Phi) is 8.28. The smallest absolute Gasteiger partial charge is 0.278 e. The Hall–Kier alpha value is -2.17. The molecule has 0 saturated carbocycles. The number of nitrogens with one attached hydrogen (secondary N) is 2. The van der Waals surface area contributed by atoms with E-state index < -0.39 is 0 Å². The molecule has 0 amide bonds. The van der Waals surface area contributed by atoms with E-state index >= 15 is 0 Å². The van der Waals surface area contributed by atoms with E-state index in [1.165, 1.54) is 0 Å². The first-order valence-corrected chi connectivity index (χ1v) is 10.5. The zero-order chi connectivity index (χ0) is 22.4. The van der Waals surface area contributed by atoms with Gasteiger partial charge in [-0.25, -0.2) is 4.98 Å². The number of aromatic nitrogens is 4. The number of aromatic amines is 1. The molecule has 0 aliphatic heterocycles. The van der Waals surface area contributed by atoms with Crippen LogP contribution in [0.15, 0.2) is 29.2 Å². The van der Waals surface area contributed by atoms with Gasteiger partial charge < -0.3 is 19.7 Å². The van der Waals surface area contributed by atoms with E-state index in [2.05, 4.69) is 20.4 Å². The fourth-order valence-corrected chi connectivity index (χ4v) is 3.47. The average Bonchev–Trinajstić information content (AvgIpc) is 3.12. The summed E-state index contributed by atoms with van der Waals surface area (Å²) in [4.78, 5) is 21.9. The molecule has 0 saturated heterocycles. The number of rotatable bonds is 11. The molecule has 3 aromatic rings. The molecule has 11 heteroatoms. The molecule has 0 radical (unpaired) electrons. The standard InChI is InChI=1S/C20H26Cl2N6O3/c1-27(2)11-14(12-30-3)31-7-6-28-18-17(10-24-28)25-20(26-19(18)29)23-9-13-4-5-15(21)16(22)8-13/h4-5,8,10,14H,6-7,9,11-12H2,1-3H3,(H2,23,25,26,29). The molecule has 31 heavy (non-hydrogen) atoms. The third kappa shape index (κ3) is 6.41. The highest BCUT2D eigenvalue weighted by molar-refractivity contribution is 6.42. The molecule has 3 rings (SSSR count). The predicted molar refractivity (Wildman–Crippen MR) is 122 cm³/mol. The minimum atomic E-state index is -0.277. The lowest BCUT2D eigenvalue weighted by Crippen LogP contribution is -2.33. The second-order valence-corrected chi connectivity index (χ2v) is 8.14. The second kappa shape index (κ2) is 10.9. The molecule has 0 aliphatic rings. The Balaban J connectivity index is 1.65. The van der Waals surface area contributed by atoms with E-state index in [0.717, 1.165) is 12.1 Å². The number of H-pyrrole nitrogens is 1. The zero-order valence-electron chi connectivity index (χ0n) is 17.7. The first kappa shape index (κ1) is 23.5. The normalized spacial score (nSPS) is 12.6. The van der Waals surface area contributed by atoms with E-state index in [9.17, 15) is 4.79 Å². The van der Waals surface area contributed by atoms with Crippen molar-refractivity contribution < 1.29 is 9.47 Å². The van der Waals surface area contributed by atoms with Crippen LogP contribution < -0.4 is 10.9 Å². The van der Waals surface area contributed by atoms with Gasteiger partial charge in [-0.1, -0.05) is 29.3 Å². The van der Waals surface area contributed by atoms with Gasteiger partial charge >= 0.3 is 0 Å². The van der Waals surface area contributed by atoms with Crippen LogP contribution in [0.4, 0.5) is 5.95 Å². The number of benzene rings is 1. The van der Waals surface area contributed by atoms with Crippen molar-refractivity contribution >= 4 is 40.2 Å². The zero-order valence-corrected chi connectivity index (χ0v) is 19.2. The molecule has 0 aliphatic carbocycles. The van der Waals surface area contributed by atoms with Crippen LogP contribution in [0.25, 0.3) is 11.0 Å². The Morgan fingerprint density at radius 3 is 2.81 bits per heavy atom. The molecule has 1 atom stereocenters. The minimum absolute atomic E-state index is 0.0598. The van der Waals surface area contributed by atoms with Gasteiger partial charge in [0.25, 0.3) is 5.56 Å². The number of anilines is 1. The summed E-state index contributed by atoms with van der Waals surface area (Å²) in [6.45, 7) is 2.49. The monoisotopic (exact) mass is 468 g/mol. The summed E-state index contributed by atoms with van der Waals surface area (Å²) in [7, 11) is 5.60. The number of hydrogen-bond acceptors (Lipinski definition) is 7. The summed E-state index contributed by atoms with van der Waals surface area (Å²) >= 11 is 12.0. The Morgan fingerprint density at radius 1 is 1.29 bits per heavy atom. The maximum atomic E-state index is 12.6. The van der Waals surface area contributed by atoms with Crippen LogP contribution in [0, 0.1) is 0 Å². The minimum Gasteiger partial charge on any atom is -0.382 e. The number of methoxy groups -OCH3 is 1. The number of nitrogens with zero attached hydrogens (tertiary/aromatic N) is 4. The van der Waals surface area contributed by atoms with Crippen LogP contribution in [-0.2, 0) is 22.6 Å². The van der Waals surface area contributed by atoms with Gasteiger partial charge in [0.2, 0.25) is 5.95 Å². The summed E-state index contributed by atoms with van der Waals surface area (Å²) in [5.74, 6) is 0.352. The number of fused-ring (bicyclic) bond motifs is 1.